The molecule has 228 valence electrons. The van der Waals surface area contributed by atoms with E-state index < -0.39 is 24.2 Å². The quantitative estimate of drug-likeness (QED) is 0.179. The van der Waals surface area contributed by atoms with Gasteiger partial charge in [-0.05, 0) is 95.6 Å². The Hall–Kier alpha value is -5.66. The van der Waals surface area contributed by atoms with Gasteiger partial charge in [-0.15, -0.1) is 0 Å². The lowest BCUT2D eigenvalue weighted by Crippen LogP contribution is -2.25. The van der Waals surface area contributed by atoms with Crippen molar-refractivity contribution in [3.63, 3.8) is 0 Å². The Balaban J connectivity index is 1.30. The number of para-hydroxylation sites is 1. The van der Waals surface area contributed by atoms with Gasteiger partial charge in [0, 0.05) is 16.7 Å². The minimum Gasteiger partial charge on any atom is -0.456 e. The van der Waals surface area contributed by atoms with Crippen molar-refractivity contribution in [2.75, 3.05) is 0 Å². The number of rotatable bonds is 3. The van der Waals surface area contributed by atoms with Crippen molar-refractivity contribution in [2.45, 2.75) is 25.2 Å². The van der Waals surface area contributed by atoms with Crippen molar-refractivity contribution in [1.29, 1.82) is 0 Å². The molecule has 0 N–H and O–H groups in total. The van der Waals surface area contributed by atoms with Crippen LogP contribution in [0.2, 0.25) is 0 Å². The van der Waals surface area contributed by atoms with Crippen LogP contribution >= 0.6 is 0 Å². The molecule has 2 aliphatic carbocycles. The van der Waals surface area contributed by atoms with Gasteiger partial charge < -0.3 is 4.42 Å². The molecule has 0 radical (unpaired) electrons. The molecule has 10 rings (SSSR count). The predicted octanol–water partition coefficient (Wildman–Crippen LogP) is 12.9. The van der Waals surface area contributed by atoms with Gasteiger partial charge in [0.2, 0.25) is 0 Å². The van der Waals surface area contributed by atoms with Crippen LogP contribution in [0.3, 0.4) is 0 Å². The molecule has 0 saturated carbocycles. The van der Waals surface area contributed by atoms with Crippen LogP contribution in [0, 0.1) is 5.92 Å². The zero-order valence-corrected chi connectivity index (χ0v) is 26.5. The first-order valence-corrected chi connectivity index (χ1v) is 16.4. The molecule has 2 aliphatic rings. The summed E-state index contributed by atoms with van der Waals surface area (Å²) in [4.78, 5) is 0. The van der Waals surface area contributed by atoms with Crippen LogP contribution in [-0.2, 0) is 5.41 Å². The largest absolute Gasteiger partial charge is 0.456 e. The van der Waals surface area contributed by atoms with Crippen LogP contribution in [-0.4, -0.2) is 0 Å². The average molecular weight is 623 g/mol. The summed E-state index contributed by atoms with van der Waals surface area (Å²) in [5, 5.41) is 2.49. The number of hydrogen-bond acceptors (Lipinski definition) is 1. The highest BCUT2D eigenvalue weighted by Gasteiger charge is 2.45. The minimum absolute atomic E-state index is 0.0452. The van der Waals surface area contributed by atoms with Crippen molar-refractivity contribution in [3.05, 3.63) is 174 Å². The van der Waals surface area contributed by atoms with E-state index in [1.807, 2.05) is 60.7 Å². The van der Waals surface area contributed by atoms with Crippen LogP contribution in [0.25, 0.3) is 71.3 Å². The number of hydrogen-bond donors (Lipinski definition) is 0. The molecule has 8 aromatic rings. The maximum absolute atomic E-state index is 9.44. The molecule has 2 atom stereocenters. The third-order valence-corrected chi connectivity index (χ3v) is 10.6. The molecule has 48 heavy (non-hydrogen) atoms. The van der Waals surface area contributed by atoms with Gasteiger partial charge in [-0.25, -0.2) is 0 Å². The van der Waals surface area contributed by atoms with Crippen LogP contribution in [0.1, 0.15) is 47.4 Å². The molecule has 7 aromatic carbocycles. The van der Waals surface area contributed by atoms with E-state index in [9.17, 15) is 5.48 Å². The van der Waals surface area contributed by atoms with Gasteiger partial charge in [0.1, 0.15) is 11.2 Å². The summed E-state index contributed by atoms with van der Waals surface area (Å²) in [7, 11) is 0. The summed E-state index contributed by atoms with van der Waals surface area (Å²) in [6.07, 6.45) is 6.28. The molecule has 0 saturated heterocycles. The first-order chi connectivity index (χ1) is 26.9. The SMILES string of the molecule is [2H]c1c([2H])c([2H])c2c(-c3ccc4oc5ccccc5c4c3)c3c([2H])c([2H])c([2H])c([2H])c3c(C3=CC4C(C=C3)c3ccc(-c5ccccc5)cc3C4(C)C)c2c1[2H]. The molecule has 0 bridgehead atoms. The van der Waals surface area contributed by atoms with E-state index in [1.165, 1.54) is 11.1 Å². The lowest BCUT2D eigenvalue weighted by molar-refractivity contribution is 0.395. The standard InChI is InChI=1S/C47H34O/c1-47(2)41-27-30(29-12-4-3-5-13-29)20-23-33(41)34-24-21-32(28-42(34)47)46-38-17-8-6-15-36(38)45(37-16-7-9-18-39(37)46)31-22-25-44-40(26-31)35-14-10-11-19-43(35)48-44/h3-28,34,42H,1-2H3/i6D,7D,8D,9D,15D,16D,17D,18D. The molecule has 1 nitrogen and oxygen atoms in total. The van der Waals surface area contributed by atoms with Crippen molar-refractivity contribution >= 4 is 49.1 Å². The Labute approximate surface area is 291 Å². The lowest BCUT2D eigenvalue weighted by atomic mass is 9.72. The highest BCUT2D eigenvalue weighted by molar-refractivity contribution is 6.20. The van der Waals surface area contributed by atoms with Gasteiger partial charge >= 0.3 is 0 Å². The maximum Gasteiger partial charge on any atom is 0.135 e. The zero-order chi connectivity index (χ0) is 38.9. The molecule has 2 unspecified atom stereocenters. The molecule has 1 heteroatoms. The van der Waals surface area contributed by atoms with Crippen molar-refractivity contribution < 1.29 is 15.4 Å². The van der Waals surface area contributed by atoms with Gasteiger partial charge in [-0.1, -0.05) is 153 Å². The van der Waals surface area contributed by atoms with Crippen LogP contribution in [0.15, 0.2) is 162 Å². The van der Waals surface area contributed by atoms with E-state index in [4.69, 9.17) is 9.90 Å². The third-order valence-electron chi connectivity index (χ3n) is 10.6. The second kappa shape index (κ2) is 10.2. The van der Waals surface area contributed by atoms with Gasteiger partial charge in [0.25, 0.3) is 0 Å². The van der Waals surface area contributed by atoms with Crippen LogP contribution in [0.5, 0.6) is 0 Å². The predicted molar refractivity (Wildman–Crippen MR) is 202 cm³/mol. The Morgan fingerprint density at radius 2 is 1.23 bits per heavy atom. The monoisotopic (exact) mass is 622 g/mol. The number of fused-ring (bicyclic) bond motifs is 8. The van der Waals surface area contributed by atoms with Gasteiger partial charge in [-0.3, -0.25) is 0 Å². The molecule has 1 aromatic heterocycles. The fourth-order valence-corrected chi connectivity index (χ4v) is 8.28. The highest BCUT2D eigenvalue weighted by atomic mass is 16.3. The fourth-order valence-electron chi connectivity index (χ4n) is 8.28. The Kier molecular flexibility index (Phi) is 4.35. The smallest absolute Gasteiger partial charge is 0.135 e. The Bertz CT molecular complexity index is 3020. The number of furan rings is 1. The molecule has 0 fully saturated rings. The van der Waals surface area contributed by atoms with Gasteiger partial charge in [0.15, 0.2) is 0 Å². The van der Waals surface area contributed by atoms with Crippen molar-refractivity contribution in [3.8, 4) is 22.3 Å². The van der Waals surface area contributed by atoms with E-state index in [0.717, 1.165) is 21.9 Å². The summed E-state index contributed by atoms with van der Waals surface area (Å²) >= 11 is 0. The molecule has 0 aliphatic heterocycles. The number of benzene rings is 7. The van der Waals surface area contributed by atoms with E-state index >= 15 is 0 Å². The summed E-state index contributed by atoms with van der Waals surface area (Å²) in [5.41, 5.74) is 7.61. The number of allylic oxidation sites excluding steroid dienone is 4. The van der Waals surface area contributed by atoms with E-state index in [-0.39, 0.29) is 63.0 Å². The second-order valence-corrected chi connectivity index (χ2v) is 13.5. The lowest BCUT2D eigenvalue weighted by Gasteiger charge is -2.31. The first kappa shape index (κ1) is 20.5. The molecule has 0 spiro atoms. The van der Waals surface area contributed by atoms with E-state index in [2.05, 4.69) is 56.3 Å². The minimum atomic E-state index is -0.417. The molecule has 0 amide bonds. The van der Waals surface area contributed by atoms with Crippen molar-refractivity contribution in [1.82, 2.24) is 0 Å². The summed E-state index contributed by atoms with van der Waals surface area (Å²) in [5.74, 6) is 0.000642. The normalized spacial score (nSPS) is 20.3. The highest BCUT2D eigenvalue weighted by Crippen LogP contribution is 2.56. The van der Waals surface area contributed by atoms with E-state index in [0.29, 0.717) is 33.4 Å². The molecular weight excluding hydrogens is 581 g/mol. The zero-order valence-electron chi connectivity index (χ0n) is 34.5. The summed E-state index contributed by atoms with van der Waals surface area (Å²) < 4.78 is 79.3. The van der Waals surface area contributed by atoms with Crippen LogP contribution in [0.4, 0.5) is 0 Å². The molecular formula is C47H34O. The fraction of sp³-hybridized carbons (Fsp3) is 0.106. The van der Waals surface area contributed by atoms with Gasteiger partial charge in [-0.2, -0.15) is 0 Å². The van der Waals surface area contributed by atoms with Crippen molar-refractivity contribution in [2.24, 2.45) is 5.92 Å². The Morgan fingerprint density at radius 3 is 1.98 bits per heavy atom. The van der Waals surface area contributed by atoms with Crippen LogP contribution < -0.4 is 0 Å². The first-order valence-electron chi connectivity index (χ1n) is 20.4. The second-order valence-electron chi connectivity index (χ2n) is 13.5. The Morgan fingerprint density at radius 1 is 0.583 bits per heavy atom. The van der Waals surface area contributed by atoms with Gasteiger partial charge in [0.05, 0.1) is 11.0 Å². The molecule has 1 heterocycles. The topological polar surface area (TPSA) is 13.1 Å². The summed E-state index contributed by atoms with van der Waals surface area (Å²) in [6.45, 7) is 4.46. The maximum atomic E-state index is 9.44. The third kappa shape index (κ3) is 3.91. The summed E-state index contributed by atoms with van der Waals surface area (Å²) in [6, 6.07) is 27.3. The van der Waals surface area contributed by atoms with E-state index in [1.54, 1.807) is 6.07 Å². The average Bonchev–Trinajstić information content (AvgIpc) is 3.70.